The number of anilines is 1. The number of hydrogen-bond acceptors (Lipinski definition) is 2. The number of nitrogens with one attached hydrogen (secondary N) is 3. The van der Waals surface area contributed by atoms with Gasteiger partial charge in [-0.1, -0.05) is 0 Å². The summed E-state index contributed by atoms with van der Waals surface area (Å²) >= 11 is 0. The Bertz CT molecular complexity index is 466. The van der Waals surface area contributed by atoms with Crippen molar-refractivity contribution >= 4 is 23.0 Å². The second kappa shape index (κ2) is 3.37. The number of amides is 1. The predicted octanol–water partition coefficient (Wildman–Crippen LogP) is 1.38. The smallest absolute Gasteiger partial charge is 0.225 e. The molecule has 72 valence electrons. The van der Waals surface area contributed by atoms with Crippen molar-refractivity contribution < 1.29 is 9.18 Å². The molecule has 3 N–H and O–H groups in total. The Labute approximate surface area is 79.1 Å². The van der Waals surface area contributed by atoms with Crippen LogP contribution in [0.2, 0.25) is 0 Å². The van der Waals surface area contributed by atoms with E-state index in [0.717, 1.165) is 5.39 Å². The third-order valence-electron chi connectivity index (χ3n) is 1.90. The van der Waals surface area contributed by atoms with Crippen LogP contribution in [0, 0.1) is 5.82 Å². The van der Waals surface area contributed by atoms with Crippen molar-refractivity contribution in [3.63, 3.8) is 0 Å². The highest BCUT2D eigenvalue weighted by molar-refractivity contribution is 5.92. The van der Waals surface area contributed by atoms with Gasteiger partial charge in [-0.05, 0) is 18.2 Å². The molecule has 0 radical (unpaired) electrons. The van der Waals surface area contributed by atoms with Crippen LogP contribution >= 0.6 is 0 Å². The third kappa shape index (κ3) is 1.39. The van der Waals surface area contributed by atoms with Crippen LogP contribution in [0.3, 0.4) is 0 Å². The molecule has 0 fully saturated rings. The third-order valence-corrected chi connectivity index (χ3v) is 1.90. The minimum absolute atomic E-state index is 0.366. The number of carbonyl (C=O) groups is 1. The molecule has 2 aromatic rings. The molecular formula is C9H8FN3O. The minimum Gasteiger partial charge on any atom is -0.361 e. The van der Waals surface area contributed by atoms with Gasteiger partial charge < -0.3 is 4.98 Å². The number of halogens is 1. The number of H-pyrrole nitrogens is 1. The first kappa shape index (κ1) is 8.55. The molecule has 0 unspecified atom stereocenters. The summed E-state index contributed by atoms with van der Waals surface area (Å²) in [5.74, 6) is -0.366. The zero-order chi connectivity index (χ0) is 9.97. The lowest BCUT2D eigenvalue weighted by Crippen LogP contribution is -2.19. The topological polar surface area (TPSA) is 56.9 Å². The largest absolute Gasteiger partial charge is 0.361 e. The van der Waals surface area contributed by atoms with E-state index in [1.54, 1.807) is 12.3 Å². The average Bonchev–Trinajstić information content (AvgIpc) is 2.61. The molecule has 0 atom stereocenters. The van der Waals surface area contributed by atoms with E-state index < -0.39 is 0 Å². The Kier molecular flexibility index (Phi) is 2.06. The van der Waals surface area contributed by atoms with E-state index in [2.05, 4.69) is 15.8 Å². The van der Waals surface area contributed by atoms with E-state index in [-0.39, 0.29) is 5.82 Å². The Morgan fingerprint density at radius 1 is 1.43 bits per heavy atom. The normalized spacial score (nSPS) is 10.1. The van der Waals surface area contributed by atoms with Crippen LogP contribution in [0.4, 0.5) is 10.1 Å². The van der Waals surface area contributed by atoms with Crippen molar-refractivity contribution in [3.8, 4) is 0 Å². The number of aromatic amines is 1. The molecule has 0 saturated heterocycles. The van der Waals surface area contributed by atoms with Gasteiger partial charge in [0.25, 0.3) is 0 Å². The predicted molar refractivity (Wildman–Crippen MR) is 51.1 cm³/mol. The molecule has 0 aliphatic rings. The molecule has 14 heavy (non-hydrogen) atoms. The van der Waals surface area contributed by atoms with Gasteiger partial charge in [0.1, 0.15) is 5.82 Å². The summed E-state index contributed by atoms with van der Waals surface area (Å²) in [6, 6.07) is 4.50. The van der Waals surface area contributed by atoms with E-state index >= 15 is 0 Å². The summed E-state index contributed by atoms with van der Waals surface area (Å²) in [5, 5.41) is 0.820. The van der Waals surface area contributed by atoms with E-state index in [0.29, 0.717) is 17.6 Å². The summed E-state index contributed by atoms with van der Waals surface area (Å²) in [5.41, 5.74) is 6.05. The molecule has 1 aromatic carbocycles. The standard InChI is InChI=1S/C9H8FN3O/c10-6-3-8-7(1-2-11-8)9(4-6)13-12-5-14/h1-5,11,13H,(H,12,14). The van der Waals surface area contributed by atoms with Gasteiger partial charge in [0.15, 0.2) is 0 Å². The summed E-state index contributed by atoms with van der Waals surface area (Å²) < 4.78 is 13.0. The molecule has 0 bridgehead atoms. The van der Waals surface area contributed by atoms with Gasteiger partial charge in [-0.2, -0.15) is 0 Å². The molecule has 4 nitrogen and oxygen atoms in total. The summed E-state index contributed by atoms with van der Waals surface area (Å²) in [7, 11) is 0. The van der Waals surface area contributed by atoms with E-state index in [9.17, 15) is 9.18 Å². The lowest BCUT2D eigenvalue weighted by atomic mass is 10.2. The highest BCUT2D eigenvalue weighted by atomic mass is 19.1. The fourth-order valence-electron chi connectivity index (χ4n) is 1.34. The minimum atomic E-state index is -0.366. The van der Waals surface area contributed by atoms with Gasteiger partial charge in [-0.15, -0.1) is 0 Å². The molecule has 5 heteroatoms. The summed E-state index contributed by atoms with van der Waals surface area (Å²) in [6.45, 7) is 0. The van der Waals surface area contributed by atoms with Crippen LogP contribution in [-0.4, -0.2) is 11.4 Å². The number of hydrazine groups is 1. The van der Waals surface area contributed by atoms with Gasteiger partial charge >= 0.3 is 0 Å². The fraction of sp³-hybridized carbons (Fsp3) is 0. The fourth-order valence-corrected chi connectivity index (χ4v) is 1.34. The first-order chi connectivity index (χ1) is 6.81. The zero-order valence-corrected chi connectivity index (χ0v) is 7.17. The van der Waals surface area contributed by atoms with Crippen LogP contribution < -0.4 is 10.9 Å². The van der Waals surface area contributed by atoms with Crippen molar-refractivity contribution in [2.45, 2.75) is 0 Å². The van der Waals surface area contributed by atoms with E-state index in [1.807, 2.05) is 0 Å². The van der Waals surface area contributed by atoms with Gasteiger partial charge in [0, 0.05) is 11.6 Å². The van der Waals surface area contributed by atoms with Gasteiger partial charge in [0.05, 0.1) is 11.2 Å². The first-order valence-corrected chi connectivity index (χ1v) is 4.03. The van der Waals surface area contributed by atoms with Crippen LogP contribution in [0.5, 0.6) is 0 Å². The number of benzene rings is 1. The Morgan fingerprint density at radius 3 is 3.07 bits per heavy atom. The highest BCUT2D eigenvalue weighted by Gasteiger charge is 2.03. The van der Waals surface area contributed by atoms with Crippen molar-refractivity contribution in [2.24, 2.45) is 0 Å². The van der Waals surface area contributed by atoms with Crippen molar-refractivity contribution in [1.82, 2.24) is 10.4 Å². The molecular weight excluding hydrogens is 185 g/mol. The van der Waals surface area contributed by atoms with E-state index in [1.165, 1.54) is 12.1 Å². The molecule has 1 heterocycles. The van der Waals surface area contributed by atoms with Crippen molar-refractivity contribution in [3.05, 3.63) is 30.2 Å². The number of rotatable bonds is 3. The molecule has 0 saturated carbocycles. The van der Waals surface area contributed by atoms with Crippen LogP contribution in [0.15, 0.2) is 24.4 Å². The number of fused-ring (bicyclic) bond motifs is 1. The molecule has 0 spiro atoms. The maximum atomic E-state index is 13.0. The van der Waals surface area contributed by atoms with Gasteiger partial charge in [-0.3, -0.25) is 15.6 Å². The van der Waals surface area contributed by atoms with Crippen LogP contribution in [-0.2, 0) is 4.79 Å². The summed E-state index contributed by atoms with van der Waals surface area (Å²) in [4.78, 5) is 12.9. The number of aromatic nitrogens is 1. The van der Waals surface area contributed by atoms with Crippen LogP contribution in [0.1, 0.15) is 0 Å². The van der Waals surface area contributed by atoms with Crippen LogP contribution in [0.25, 0.3) is 10.9 Å². The molecule has 1 aromatic heterocycles. The average molecular weight is 193 g/mol. The first-order valence-electron chi connectivity index (χ1n) is 4.03. The Morgan fingerprint density at radius 2 is 2.29 bits per heavy atom. The molecule has 1 amide bonds. The van der Waals surface area contributed by atoms with Crippen molar-refractivity contribution in [1.29, 1.82) is 0 Å². The van der Waals surface area contributed by atoms with Gasteiger partial charge in [-0.25, -0.2) is 4.39 Å². The number of hydrogen-bond donors (Lipinski definition) is 3. The SMILES string of the molecule is O=CNNc1cc(F)cc2[nH]ccc12. The molecule has 0 aliphatic carbocycles. The lowest BCUT2D eigenvalue weighted by molar-refractivity contribution is -0.109. The van der Waals surface area contributed by atoms with Crippen molar-refractivity contribution in [2.75, 3.05) is 5.43 Å². The van der Waals surface area contributed by atoms with E-state index in [4.69, 9.17) is 0 Å². The molecule has 0 aliphatic heterocycles. The Hall–Kier alpha value is -2.04. The Balaban J connectivity index is 2.49. The van der Waals surface area contributed by atoms with Gasteiger partial charge in [0.2, 0.25) is 6.41 Å². The second-order valence-corrected chi connectivity index (χ2v) is 2.78. The maximum absolute atomic E-state index is 13.0. The summed E-state index contributed by atoms with van der Waals surface area (Å²) in [6.07, 6.45) is 2.19. The second-order valence-electron chi connectivity index (χ2n) is 2.78. The quantitative estimate of drug-likeness (QED) is 0.509. The zero-order valence-electron chi connectivity index (χ0n) is 7.17. The monoisotopic (exact) mass is 193 g/mol. The number of carbonyl (C=O) groups excluding carboxylic acids is 1. The molecule has 2 rings (SSSR count). The maximum Gasteiger partial charge on any atom is 0.225 e. The lowest BCUT2D eigenvalue weighted by Gasteiger charge is -2.05. The highest BCUT2D eigenvalue weighted by Crippen LogP contribution is 2.23.